The van der Waals surface area contributed by atoms with Gasteiger partial charge in [0.25, 0.3) is 0 Å². The van der Waals surface area contributed by atoms with Crippen molar-refractivity contribution in [1.29, 1.82) is 0 Å². The molecule has 10 heavy (non-hydrogen) atoms. The second-order valence-electron chi connectivity index (χ2n) is 3.56. The van der Waals surface area contributed by atoms with E-state index in [1.165, 1.54) is 38.8 Å². The number of hydrogen-bond donors (Lipinski definition) is 2. The van der Waals surface area contributed by atoms with Crippen molar-refractivity contribution < 1.29 is 0 Å². The van der Waals surface area contributed by atoms with Crippen molar-refractivity contribution in [2.24, 2.45) is 0 Å². The van der Waals surface area contributed by atoms with Gasteiger partial charge in [0.1, 0.15) is 0 Å². The van der Waals surface area contributed by atoms with Crippen LogP contribution in [0.15, 0.2) is 0 Å². The summed E-state index contributed by atoms with van der Waals surface area (Å²) in [6.45, 7) is 3.55. The zero-order valence-corrected chi connectivity index (χ0v) is 6.45. The van der Waals surface area contributed by atoms with Gasteiger partial charge in [0.15, 0.2) is 0 Å². The molecule has 0 amide bonds. The van der Waals surface area contributed by atoms with Crippen LogP contribution in [0.3, 0.4) is 0 Å². The van der Waals surface area contributed by atoms with E-state index in [9.17, 15) is 0 Å². The predicted octanol–water partition coefficient (Wildman–Crippen LogP) is 0.492. The van der Waals surface area contributed by atoms with Gasteiger partial charge in [-0.15, -0.1) is 0 Å². The fourth-order valence-electron chi connectivity index (χ4n) is 1.76. The molecule has 1 saturated carbocycles. The van der Waals surface area contributed by atoms with Crippen LogP contribution >= 0.6 is 0 Å². The maximum Gasteiger partial charge on any atom is 0.0183 e. The summed E-state index contributed by atoms with van der Waals surface area (Å²) in [7, 11) is 0. The molecule has 0 unspecified atom stereocenters. The summed E-state index contributed by atoms with van der Waals surface area (Å²) >= 11 is 0. The average molecular weight is 140 g/mol. The van der Waals surface area contributed by atoms with Gasteiger partial charge in [-0.05, 0) is 32.2 Å². The Labute approximate surface area is 62.4 Å². The summed E-state index contributed by atoms with van der Waals surface area (Å²) in [4.78, 5) is 0. The molecule has 2 fully saturated rings. The molecule has 0 aromatic heterocycles. The number of hydrogen-bond acceptors (Lipinski definition) is 2. The average Bonchev–Trinajstić information content (AvgIpc) is 2.61. The molecule has 2 nitrogen and oxygen atoms in total. The molecule has 0 atom stereocenters. The first-order chi connectivity index (χ1) is 4.91. The van der Waals surface area contributed by atoms with E-state index in [1.807, 2.05) is 0 Å². The molecule has 1 heterocycles. The minimum absolute atomic E-state index is 0.613. The standard InChI is InChI=1S/C8H16N2/c1-2-8(3-4-8)10-7-6-9-5-1/h9-10H,1-7H2. The van der Waals surface area contributed by atoms with E-state index in [4.69, 9.17) is 0 Å². The van der Waals surface area contributed by atoms with Crippen molar-refractivity contribution in [3.63, 3.8) is 0 Å². The molecule has 0 radical (unpaired) electrons. The Bertz CT molecular complexity index is 108. The van der Waals surface area contributed by atoms with Crippen LogP contribution in [0, 0.1) is 0 Å². The van der Waals surface area contributed by atoms with Crippen molar-refractivity contribution in [1.82, 2.24) is 10.6 Å². The normalized spacial score (nSPS) is 31.2. The van der Waals surface area contributed by atoms with E-state index < -0.39 is 0 Å². The van der Waals surface area contributed by atoms with E-state index in [-0.39, 0.29) is 0 Å². The van der Waals surface area contributed by atoms with Crippen LogP contribution < -0.4 is 10.6 Å². The third kappa shape index (κ3) is 1.32. The zero-order valence-electron chi connectivity index (χ0n) is 6.45. The summed E-state index contributed by atoms with van der Waals surface area (Å²) in [5, 5.41) is 7.00. The van der Waals surface area contributed by atoms with Crippen molar-refractivity contribution >= 4 is 0 Å². The minimum Gasteiger partial charge on any atom is -0.315 e. The lowest BCUT2D eigenvalue weighted by molar-refractivity contribution is 0.411. The second-order valence-corrected chi connectivity index (χ2v) is 3.56. The molecule has 1 aliphatic carbocycles. The van der Waals surface area contributed by atoms with Crippen LogP contribution in [0.2, 0.25) is 0 Å². The lowest BCUT2D eigenvalue weighted by atomic mass is 10.1. The number of nitrogens with one attached hydrogen (secondary N) is 2. The summed E-state index contributed by atoms with van der Waals surface area (Å²) in [6.07, 6.45) is 5.59. The molecule has 2 rings (SSSR count). The largest absolute Gasteiger partial charge is 0.315 e. The highest BCUT2D eigenvalue weighted by atomic mass is 15.1. The molecule has 58 valence electrons. The van der Waals surface area contributed by atoms with E-state index >= 15 is 0 Å². The van der Waals surface area contributed by atoms with Crippen molar-refractivity contribution in [3.05, 3.63) is 0 Å². The Morgan fingerprint density at radius 3 is 2.60 bits per heavy atom. The van der Waals surface area contributed by atoms with Crippen molar-refractivity contribution in [3.8, 4) is 0 Å². The molecule has 1 saturated heterocycles. The molecule has 1 aliphatic heterocycles. The van der Waals surface area contributed by atoms with Crippen LogP contribution in [0.4, 0.5) is 0 Å². The first-order valence-electron chi connectivity index (χ1n) is 4.37. The monoisotopic (exact) mass is 140 g/mol. The number of rotatable bonds is 0. The van der Waals surface area contributed by atoms with E-state index in [2.05, 4.69) is 10.6 Å². The highest BCUT2D eigenvalue weighted by molar-refractivity contribution is 5.02. The maximum absolute atomic E-state index is 3.61. The molecule has 0 aromatic carbocycles. The quantitative estimate of drug-likeness (QED) is 0.512. The summed E-state index contributed by atoms with van der Waals surface area (Å²) in [5.74, 6) is 0. The third-order valence-corrected chi connectivity index (χ3v) is 2.66. The highest BCUT2D eigenvalue weighted by Gasteiger charge is 2.41. The lowest BCUT2D eigenvalue weighted by Gasteiger charge is -2.20. The third-order valence-electron chi connectivity index (χ3n) is 2.66. The van der Waals surface area contributed by atoms with Gasteiger partial charge in [-0.25, -0.2) is 0 Å². The van der Waals surface area contributed by atoms with Crippen LogP contribution in [0.25, 0.3) is 0 Å². The summed E-state index contributed by atoms with van der Waals surface area (Å²) in [6, 6.07) is 0. The van der Waals surface area contributed by atoms with Crippen LogP contribution in [0.5, 0.6) is 0 Å². The Morgan fingerprint density at radius 1 is 0.900 bits per heavy atom. The van der Waals surface area contributed by atoms with Crippen LogP contribution in [-0.2, 0) is 0 Å². The molecule has 2 N–H and O–H groups in total. The SMILES string of the molecule is C1CNCCNC2(C1)CC2. The summed E-state index contributed by atoms with van der Waals surface area (Å²) < 4.78 is 0. The molecule has 2 aliphatic rings. The van der Waals surface area contributed by atoms with Crippen molar-refractivity contribution in [2.75, 3.05) is 19.6 Å². The Hall–Kier alpha value is -0.0800. The lowest BCUT2D eigenvalue weighted by Crippen LogP contribution is -2.40. The van der Waals surface area contributed by atoms with E-state index in [0.717, 1.165) is 6.54 Å². The second kappa shape index (κ2) is 2.51. The first-order valence-corrected chi connectivity index (χ1v) is 4.37. The maximum atomic E-state index is 3.61. The molecule has 1 spiro atoms. The molecule has 2 heteroatoms. The Balaban J connectivity index is 1.84. The van der Waals surface area contributed by atoms with Crippen LogP contribution in [0.1, 0.15) is 25.7 Å². The van der Waals surface area contributed by atoms with Gasteiger partial charge in [-0.3, -0.25) is 0 Å². The van der Waals surface area contributed by atoms with Gasteiger partial charge in [-0.1, -0.05) is 0 Å². The highest BCUT2D eigenvalue weighted by Crippen LogP contribution is 2.39. The van der Waals surface area contributed by atoms with Crippen molar-refractivity contribution in [2.45, 2.75) is 31.2 Å². The van der Waals surface area contributed by atoms with Gasteiger partial charge in [0.2, 0.25) is 0 Å². The molecule has 0 bridgehead atoms. The Morgan fingerprint density at radius 2 is 1.80 bits per heavy atom. The fourth-order valence-corrected chi connectivity index (χ4v) is 1.76. The van der Waals surface area contributed by atoms with Gasteiger partial charge in [-0.2, -0.15) is 0 Å². The minimum atomic E-state index is 0.613. The summed E-state index contributed by atoms with van der Waals surface area (Å²) in [5.41, 5.74) is 0.613. The van der Waals surface area contributed by atoms with Gasteiger partial charge < -0.3 is 10.6 Å². The smallest absolute Gasteiger partial charge is 0.0183 e. The van der Waals surface area contributed by atoms with Gasteiger partial charge >= 0.3 is 0 Å². The predicted molar refractivity (Wildman–Crippen MR) is 42.1 cm³/mol. The van der Waals surface area contributed by atoms with E-state index in [1.54, 1.807) is 0 Å². The van der Waals surface area contributed by atoms with Crippen LogP contribution in [-0.4, -0.2) is 25.2 Å². The fraction of sp³-hybridized carbons (Fsp3) is 1.00. The zero-order chi connectivity index (χ0) is 6.86. The Kier molecular flexibility index (Phi) is 1.66. The first kappa shape index (κ1) is 6.62. The molecular formula is C8H16N2. The molecular weight excluding hydrogens is 124 g/mol. The van der Waals surface area contributed by atoms with E-state index in [0.29, 0.717) is 5.54 Å². The topological polar surface area (TPSA) is 24.1 Å². The molecule has 0 aromatic rings. The van der Waals surface area contributed by atoms with Gasteiger partial charge in [0, 0.05) is 18.6 Å². The van der Waals surface area contributed by atoms with Gasteiger partial charge in [0.05, 0.1) is 0 Å².